The molecule has 110 valence electrons. The number of aromatic carboxylic acids is 1. The lowest BCUT2D eigenvalue weighted by molar-refractivity contribution is 0.0695. The number of benzene rings is 1. The van der Waals surface area contributed by atoms with Crippen LogP contribution in [-0.2, 0) is 13.5 Å². The van der Waals surface area contributed by atoms with Crippen molar-refractivity contribution >= 4 is 5.97 Å². The first-order valence-electron chi connectivity index (χ1n) is 6.89. The van der Waals surface area contributed by atoms with Gasteiger partial charge in [-0.3, -0.25) is 9.67 Å². The predicted molar refractivity (Wildman–Crippen MR) is 82.6 cm³/mol. The van der Waals surface area contributed by atoms with E-state index in [9.17, 15) is 9.90 Å². The Bertz CT molecular complexity index is 810. The molecule has 2 aromatic heterocycles. The van der Waals surface area contributed by atoms with E-state index in [1.54, 1.807) is 10.9 Å². The second-order valence-corrected chi connectivity index (χ2v) is 5.03. The van der Waals surface area contributed by atoms with Gasteiger partial charge in [-0.05, 0) is 17.7 Å². The third kappa shape index (κ3) is 2.74. The maximum absolute atomic E-state index is 11.3. The molecule has 0 amide bonds. The number of hydrogen-bond donors (Lipinski definition) is 1. The maximum Gasteiger partial charge on any atom is 0.336 e. The molecule has 1 aromatic carbocycles. The molecule has 2 heterocycles. The number of pyridine rings is 1. The zero-order valence-corrected chi connectivity index (χ0v) is 12.1. The topological polar surface area (TPSA) is 68.0 Å². The van der Waals surface area contributed by atoms with Crippen LogP contribution in [0.15, 0.2) is 54.9 Å². The van der Waals surface area contributed by atoms with Gasteiger partial charge in [-0.2, -0.15) is 5.10 Å². The Hall–Kier alpha value is -2.95. The highest BCUT2D eigenvalue weighted by atomic mass is 16.4. The highest BCUT2D eigenvalue weighted by Crippen LogP contribution is 2.21. The predicted octanol–water partition coefficient (Wildman–Crippen LogP) is 2.77. The molecule has 3 rings (SSSR count). The summed E-state index contributed by atoms with van der Waals surface area (Å²) in [7, 11) is 1.86. The maximum atomic E-state index is 11.3. The molecule has 0 saturated heterocycles. The Morgan fingerprint density at radius 2 is 2.00 bits per heavy atom. The number of aromatic nitrogens is 3. The van der Waals surface area contributed by atoms with E-state index in [1.807, 2.05) is 43.4 Å². The number of aryl methyl sites for hydroxylation is 1. The molecule has 0 radical (unpaired) electrons. The lowest BCUT2D eigenvalue weighted by Gasteiger charge is -2.05. The first kappa shape index (κ1) is 14.0. The summed E-state index contributed by atoms with van der Waals surface area (Å²) in [5, 5.41) is 13.7. The second-order valence-electron chi connectivity index (χ2n) is 5.03. The Morgan fingerprint density at radius 3 is 2.73 bits per heavy atom. The van der Waals surface area contributed by atoms with Crippen molar-refractivity contribution in [1.82, 2.24) is 14.8 Å². The van der Waals surface area contributed by atoms with E-state index in [0.29, 0.717) is 12.0 Å². The molecule has 0 bridgehead atoms. The Kier molecular flexibility index (Phi) is 3.70. The van der Waals surface area contributed by atoms with Crippen molar-refractivity contribution in [2.45, 2.75) is 6.42 Å². The molecule has 0 aliphatic carbocycles. The van der Waals surface area contributed by atoms with E-state index in [1.165, 1.54) is 12.3 Å². The van der Waals surface area contributed by atoms with Crippen molar-refractivity contribution in [2.75, 3.05) is 0 Å². The summed E-state index contributed by atoms with van der Waals surface area (Å²) < 4.78 is 1.78. The lowest BCUT2D eigenvalue weighted by atomic mass is 10.0. The molecule has 5 heteroatoms. The van der Waals surface area contributed by atoms with Crippen molar-refractivity contribution in [2.24, 2.45) is 7.05 Å². The molecule has 0 saturated carbocycles. The van der Waals surface area contributed by atoms with Crippen molar-refractivity contribution in [1.29, 1.82) is 0 Å². The number of carboxylic acids is 1. The van der Waals surface area contributed by atoms with Gasteiger partial charge in [-0.1, -0.05) is 30.3 Å². The van der Waals surface area contributed by atoms with Crippen LogP contribution in [0.1, 0.15) is 21.6 Å². The summed E-state index contributed by atoms with van der Waals surface area (Å²) in [6, 6.07) is 13.4. The van der Waals surface area contributed by atoms with E-state index >= 15 is 0 Å². The van der Waals surface area contributed by atoms with Crippen LogP contribution in [-0.4, -0.2) is 25.8 Å². The first-order valence-corrected chi connectivity index (χ1v) is 6.89. The van der Waals surface area contributed by atoms with Crippen LogP contribution in [0.2, 0.25) is 0 Å². The van der Waals surface area contributed by atoms with Gasteiger partial charge in [0.1, 0.15) is 0 Å². The molecule has 3 aromatic rings. The summed E-state index contributed by atoms with van der Waals surface area (Å²) in [5.41, 5.74) is 3.80. The van der Waals surface area contributed by atoms with Gasteiger partial charge in [0.05, 0.1) is 11.3 Å². The van der Waals surface area contributed by atoms with Crippen molar-refractivity contribution in [3.63, 3.8) is 0 Å². The normalized spacial score (nSPS) is 10.6. The molecule has 1 N–H and O–H groups in total. The molecule has 0 spiro atoms. The standard InChI is InChI=1S/C17H15N3O2/c1-20-14(9-13-11-18-8-7-15(13)17(21)22)10-16(19-20)12-5-3-2-4-6-12/h2-8,10-11H,9H2,1H3,(H,21,22). The molecule has 0 atom stereocenters. The summed E-state index contributed by atoms with van der Waals surface area (Å²) in [6.07, 6.45) is 3.57. The summed E-state index contributed by atoms with van der Waals surface area (Å²) in [4.78, 5) is 15.3. The fourth-order valence-electron chi connectivity index (χ4n) is 2.39. The zero-order valence-electron chi connectivity index (χ0n) is 12.1. The van der Waals surface area contributed by atoms with Crippen LogP contribution in [0, 0.1) is 0 Å². The highest BCUT2D eigenvalue weighted by molar-refractivity contribution is 5.89. The number of rotatable bonds is 4. The van der Waals surface area contributed by atoms with Gasteiger partial charge in [-0.25, -0.2) is 4.79 Å². The molecule has 0 aliphatic heterocycles. The van der Waals surface area contributed by atoms with Gasteiger partial charge in [-0.15, -0.1) is 0 Å². The molecule has 0 unspecified atom stereocenters. The van der Waals surface area contributed by atoms with Gasteiger partial charge < -0.3 is 5.11 Å². The van der Waals surface area contributed by atoms with Crippen molar-refractivity contribution in [3.8, 4) is 11.3 Å². The number of carbonyl (C=O) groups is 1. The molecular weight excluding hydrogens is 278 g/mol. The quantitative estimate of drug-likeness (QED) is 0.803. The lowest BCUT2D eigenvalue weighted by Crippen LogP contribution is -2.06. The van der Waals surface area contributed by atoms with E-state index < -0.39 is 5.97 Å². The molecule has 0 aliphatic rings. The smallest absolute Gasteiger partial charge is 0.336 e. The third-order valence-corrected chi connectivity index (χ3v) is 3.55. The minimum atomic E-state index is -0.942. The van der Waals surface area contributed by atoms with E-state index in [4.69, 9.17) is 0 Å². The van der Waals surface area contributed by atoms with Gasteiger partial charge in [0.2, 0.25) is 0 Å². The SMILES string of the molecule is Cn1nc(-c2ccccc2)cc1Cc1cnccc1C(=O)O. The average Bonchev–Trinajstić information content (AvgIpc) is 2.90. The summed E-state index contributed by atoms with van der Waals surface area (Å²) >= 11 is 0. The van der Waals surface area contributed by atoms with Crippen LogP contribution in [0.25, 0.3) is 11.3 Å². The van der Waals surface area contributed by atoms with Crippen LogP contribution < -0.4 is 0 Å². The largest absolute Gasteiger partial charge is 0.478 e. The first-order chi connectivity index (χ1) is 10.6. The van der Waals surface area contributed by atoms with E-state index in [0.717, 1.165) is 17.0 Å². The molecule has 0 fully saturated rings. The van der Waals surface area contributed by atoms with Crippen molar-refractivity contribution < 1.29 is 9.90 Å². The Morgan fingerprint density at radius 1 is 1.23 bits per heavy atom. The fraction of sp³-hybridized carbons (Fsp3) is 0.118. The molecule has 22 heavy (non-hydrogen) atoms. The third-order valence-electron chi connectivity index (χ3n) is 3.55. The van der Waals surface area contributed by atoms with Gasteiger partial charge >= 0.3 is 5.97 Å². The van der Waals surface area contributed by atoms with Gasteiger partial charge in [0, 0.05) is 37.1 Å². The minimum Gasteiger partial charge on any atom is -0.478 e. The van der Waals surface area contributed by atoms with E-state index in [-0.39, 0.29) is 5.56 Å². The number of carboxylic acid groups (broad SMARTS) is 1. The van der Waals surface area contributed by atoms with Crippen LogP contribution >= 0.6 is 0 Å². The van der Waals surface area contributed by atoms with Gasteiger partial charge in [0.15, 0.2) is 0 Å². The summed E-state index contributed by atoms with van der Waals surface area (Å²) in [5.74, 6) is -0.942. The average molecular weight is 293 g/mol. The monoisotopic (exact) mass is 293 g/mol. The molecule has 5 nitrogen and oxygen atoms in total. The van der Waals surface area contributed by atoms with Crippen molar-refractivity contribution in [3.05, 3.63) is 71.7 Å². The molecular formula is C17H15N3O2. The highest BCUT2D eigenvalue weighted by Gasteiger charge is 2.13. The Labute approximate surface area is 127 Å². The van der Waals surface area contributed by atoms with Gasteiger partial charge in [0.25, 0.3) is 0 Å². The van der Waals surface area contributed by atoms with Crippen LogP contribution in [0.3, 0.4) is 0 Å². The second kappa shape index (κ2) is 5.81. The number of hydrogen-bond acceptors (Lipinski definition) is 3. The Balaban J connectivity index is 1.94. The van der Waals surface area contributed by atoms with E-state index in [2.05, 4.69) is 10.1 Å². The summed E-state index contributed by atoms with van der Waals surface area (Å²) in [6.45, 7) is 0. The van der Waals surface area contributed by atoms with Crippen LogP contribution in [0.5, 0.6) is 0 Å². The number of nitrogens with zero attached hydrogens (tertiary/aromatic N) is 3. The fourth-order valence-corrected chi connectivity index (χ4v) is 2.39. The minimum absolute atomic E-state index is 0.275. The van der Waals surface area contributed by atoms with Crippen LogP contribution in [0.4, 0.5) is 0 Å². The zero-order chi connectivity index (χ0) is 15.5.